The average Bonchev–Trinajstić information content (AvgIpc) is 2.90. The van der Waals surface area contributed by atoms with Crippen molar-refractivity contribution in [2.24, 2.45) is 11.8 Å². The summed E-state index contributed by atoms with van der Waals surface area (Å²) in [4.78, 5) is 12.3. The van der Waals surface area contributed by atoms with Crippen LogP contribution >= 0.6 is 0 Å². The predicted molar refractivity (Wildman–Crippen MR) is 92.3 cm³/mol. The van der Waals surface area contributed by atoms with E-state index in [2.05, 4.69) is 5.32 Å². The SMILES string of the molecule is CC(C)[C@H](O)C(=O)N[C@@H](CCc1ccccc1)C1[C@@H](O)CC[C@@H]1O. The Morgan fingerprint density at radius 1 is 1.17 bits per heavy atom. The molecule has 1 aliphatic rings. The normalized spacial score (nSPS) is 24.1. The van der Waals surface area contributed by atoms with Crippen molar-refractivity contribution in [3.8, 4) is 0 Å². The Hall–Kier alpha value is -1.43. The highest BCUT2D eigenvalue weighted by Crippen LogP contribution is 2.31. The molecule has 0 unspecified atom stereocenters. The molecule has 134 valence electrons. The zero-order chi connectivity index (χ0) is 17.7. The van der Waals surface area contributed by atoms with Gasteiger partial charge in [-0.3, -0.25) is 4.79 Å². The van der Waals surface area contributed by atoms with Gasteiger partial charge in [0.2, 0.25) is 5.91 Å². The van der Waals surface area contributed by atoms with Crippen LogP contribution in [0.5, 0.6) is 0 Å². The molecule has 0 heterocycles. The van der Waals surface area contributed by atoms with Gasteiger partial charge in [-0.1, -0.05) is 44.2 Å². The van der Waals surface area contributed by atoms with Crippen LogP contribution in [0.3, 0.4) is 0 Å². The van der Waals surface area contributed by atoms with E-state index in [0.717, 1.165) is 12.0 Å². The van der Waals surface area contributed by atoms with Gasteiger partial charge in [0, 0.05) is 12.0 Å². The number of aliphatic hydroxyl groups is 3. The molecule has 0 aromatic heterocycles. The van der Waals surface area contributed by atoms with E-state index in [-0.39, 0.29) is 12.0 Å². The van der Waals surface area contributed by atoms with Crippen molar-refractivity contribution in [2.75, 3.05) is 0 Å². The molecule has 4 N–H and O–H groups in total. The van der Waals surface area contributed by atoms with Gasteiger partial charge in [-0.15, -0.1) is 0 Å². The Morgan fingerprint density at radius 2 is 1.75 bits per heavy atom. The second-order valence-corrected chi connectivity index (χ2v) is 7.12. The van der Waals surface area contributed by atoms with Gasteiger partial charge in [0.1, 0.15) is 6.10 Å². The predicted octanol–water partition coefficient (Wildman–Crippen LogP) is 1.25. The lowest BCUT2D eigenvalue weighted by atomic mass is 9.89. The minimum Gasteiger partial charge on any atom is -0.393 e. The highest BCUT2D eigenvalue weighted by atomic mass is 16.3. The van der Waals surface area contributed by atoms with E-state index < -0.39 is 30.1 Å². The highest BCUT2D eigenvalue weighted by Gasteiger charge is 2.40. The van der Waals surface area contributed by atoms with Gasteiger partial charge in [0.05, 0.1) is 12.2 Å². The van der Waals surface area contributed by atoms with Gasteiger partial charge < -0.3 is 20.6 Å². The second-order valence-electron chi connectivity index (χ2n) is 7.12. The third kappa shape index (κ3) is 4.79. The van der Waals surface area contributed by atoms with Crippen LogP contribution in [0.4, 0.5) is 0 Å². The van der Waals surface area contributed by atoms with Crippen molar-refractivity contribution in [1.29, 1.82) is 0 Å². The summed E-state index contributed by atoms with van der Waals surface area (Å²) >= 11 is 0. The molecule has 24 heavy (non-hydrogen) atoms. The maximum absolute atomic E-state index is 12.3. The van der Waals surface area contributed by atoms with Crippen LogP contribution in [-0.4, -0.2) is 45.6 Å². The number of amides is 1. The van der Waals surface area contributed by atoms with Gasteiger partial charge in [0.15, 0.2) is 0 Å². The topological polar surface area (TPSA) is 89.8 Å². The summed E-state index contributed by atoms with van der Waals surface area (Å²) in [5.74, 6) is -1.01. The molecule has 1 fully saturated rings. The summed E-state index contributed by atoms with van der Waals surface area (Å²) in [5, 5.41) is 33.3. The molecule has 1 aromatic rings. The fraction of sp³-hybridized carbons (Fsp3) is 0.632. The quantitative estimate of drug-likeness (QED) is 0.604. The van der Waals surface area contributed by atoms with Gasteiger partial charge in [-0.2, -0.15) is 0 Å². The molecule has 0 spiro atoms. The third-order valence-electron chi connectivity index (χ3n) is 4.93. The number of carbonyl (C=O) groups excluding carboxylic acids is 1. The van der Waals surface area contributed by atoms with E-state index in [9.17, 15) is 20.1 Å². The maximum Gasteiger partial charge on any atom is 0.249 e. The van der Waals surface area contributed by atoms with E-state index in [1.807, 2.05) is 30.3 Å². The first-order valence-electron chi connectivity index (χ1n) is 8.78. The van der Waals surface area contributed by atoms with E-state index in [4.69, 9.17) is 0 Å². The van der Waals surface area contributed by atoms with Crippen molar-refractivity contribution in [3.63, 3.8) is 0 Å². The molecule has 0 bridgehead atoms. The molecule has 1 aromatic carbocycles. The lowest BCUT2D eigenvalue weighted by molar-refractivity contribution is -0.133. The lowest BCUT2D eigenvalue weighted by Gasteiger charge is -2.31. The standard InChI is InChI=1S/C19H29NO4/c1-12(2)18(23)19(24)20-14(17-15(21)10-11-16(17)22)9-8-13-6-4-3-5-7-13/h3-7,12,14-18,21-23H,8-11H2,1-2H3,(H,20,24)/t14-,15-,16-,18-/m0/s1. The van der Waals surface area contributed by atoms with Crippen molar-refractivity contribution in [3.05, 3.63) is 35.9 Å². The monoisotopic (exact) mass is 335 g/mol. The average molecular weight is 335 g/mol. The summed E-state index contributed by atoms with van der Waals surface area (Å²) in [7, 11) is 0. The summed E-state index contributed by atoms with van der Waals surface area (Å²) in [5.41, 5.74) is 1.14. The third-order valence-corrected chi connectivity index (χ3v) is 4.93. The Bertz CT molecular complexity index is 509. The number of benzene rings is 1. The number of carbonyl (C=O) groups is 1. The molecule has 4 atom stereocenters. The second kappa shape index (κ2) is 8.60. The summed E-state index contributed by atoms with van der Waals surface area (Å²) in [6, 6.07) is 9.55. The molecule has 5 heteroatoms. The highest BCUT2D eigenvalue weighted by molar-refractivity contribution is 5.81. The zero-order valence-electron chi connectivity index (χ0n) is 14.4. The Labute approximate surface area is 143 Å². The number of aryl methyl sites for hydroxylation is 1. The summed E-state index contributed by atoms with van der Waals surface area (Å²) in [6.45, 7) is 3.56. The van der Waals surface area contributed by atoms with Crippen LogP contribution in [0.1, 0.15) is 38.7 Å². The number of aliphatic hydroxyl groups excluding tert-OH is 3. The smallest absolute Gasteiger partial charge is 0.249 e. The van der Waals surface area contributed by atoms with Crippen LogP contribution in [0, 0.1) is 11.8 Å². The van der Waals surface area contributed by atoms with Crippen LogP contribution in [0.15, 0.2) is 30.3 Å². The first-order valence-corrected chi connectivity index (χ1v) is 8.78. The molecule has 1 aliphatic carbocycles. The molecule has 1 saturated carbocycles. The van der Waals surface area contributed by atoms with E-state index in [1.165, 1.54) is 0 Å². The van der Waals surface area contributed by atoms with Crippen LogP contribution in [-0.2, 0) is 11.2 Å². The van der Waals surface area contributed by atoms with E-state index >= 15 is 0 Å². The van der Waals surface area contributed by atoms with E-state index in [0.29, 0.717) is 19.3 Å². The number of rotatable bonds is 7. The van der Waals surface area contributed by atoms with Crippen molar-refractivity contribution in [2.45, 2.75) is 63.9 Å². The first-order chi connectivity index (χ1) is 11.4. The molecule has 0 aliphatic heterocycles. The van der Waals surface area contributed by atoms with E-state index in [1.54, 1.807) is 13.8 Å². The molecule has 0 radical (unpaired) electrons. The van der Waals surface area contributed by atoms with Crippen LogP contribution in [0.25, 0.3) is 0 Å². The minimum absolute atomic E-state index is 0.182. The molecular formula is C19H29NO4. The Kier molecular flexibility index (Phi) is 6.78. The zero-order valence-corrected chi connectivity index (χ0v) is 14.4. The van der Waals surface area contributed by atoms with Crippen molar-refractivity contribution in [1.82, 2.24) is 5.32 Å². The maximum atomic E-state index is 12.3. The van der Waals surface area contributed by atoms with Crippen molar-refractivity contribution >= 4 is 5.91 Å². The Balaban J connectivity index is 2.07. The number of hydrogen-bond donors (Lipinski definition) is 4. The Morgan fingerprint density at radius 3 is 2.29 bits per heavy atom. The summed E-state index contributed by atoms with van der Waals surface area (Å²) < 4.78 is 0. The first kappa shape index (κ1) is 18.9. The van der Waals surface area contributed by atoms with Gasteiger partial charge in [0.25, 0.3) is 0 Å². The molecule has 5 nitrogen and oxygen atoms in total. The fourth-order valence-corrected chi connectivity index (χ4v) is 3.42. The molecule has 0 saturated heterocycles. The largest absolute Gasteiger partial charge is 0.393 e. The minimum atomic E-state index is -1.08. The number of hydrogen-bond acceptors (Lipinski definition) is 4. The number of nitrogens with one attached hydrogen (secondary N) is 1. The van der Waals surface area contributed by atoms with Gasteiger partial charge in [-0.25, -0.2) is 0 Å². The van der Waals surface area contributed by atoms with Gasteiger partial charge in [-0.05, 0) is 37.2 Å². The van der Waals surface area contributed by atoms with Crippen LogP contribution in [0.2, 0.25) is 0 Å². The molecule has 1 amide bonds. The van der Waals surface area contributed by atoms with Crippen molar-refractivity contribution < 1.29 is 20.1 Å². The lowest BCUT2D eigenvalue weighted by Crippen LogP contribution is -2.50. The summed E-state index contributed by atoms with van der Waals surface area (Å²) in [6.07, 6.45) is 0.0836. The molecular weight excluding hydrogens is 306 g/mol. The fourth-order valence-electron chi connectivity index (χ4n) is 3.42. The van der Waals surface area contributed by atoms with Gasteiger partial charge >= 0.3 is 0 Å². The molecule has 2 rings (SSSR count). The van der Waals surface area contributed by atoms with Crippen LogP contribution < -0.4 is 5.32 Å².